The summed E-state index contributed by atoms with van der Waals surface area (Å²) in [5.41, 5.74) is 2.51. The highest BCUT2D eigenvalue weighted by molar-refractivity contribution is 5.93. The lowest BCUT2D eigenvalue weighted by Gasteiger charge is -2.34. The van der Waals surface area contributed by atoms with E-state index in [4.69, 9.17) is 9.72 Å². The van der Waals surface area contributed by atoms with Crippen LogP contribution < -0.4 is 4.74 Å². The molecule has 0 unspecified atom stereocenters. The molecule has 2 fully saturated rings. The average Bonchev–Trinajstić information content (AvgIpc) is 3.51. The lowest BCUT2D eigenvalue weighted by molar-refractivity contribution is -0.127. The van der Waals surface area contributed by atoms with Crippen molar-refractivity contribution in [2.75, 3.05) is 7.05 Å². The van der Waals surface area contributed by atoms with Gasteiger partial charge < -0.3 is 9.64 Å². The minimum atomic E-state index is -0.122. The number of aromatic nitrogens is 5. The molecule has 1 amide bonds. The summed E-state index contributed by atoms with van der Waals surface area (Å²) in [6.07, 6.45) is 10.4. The Morgan fingerprint density at radius 2 is 2.13 bits per heavy atom. The molecule has 3 heterocycles. The number of hydrogen-bond donors (Lipinski definition) is 0. The Labute approximate surface area is 174 Å². The highest BCUT2D eigenvalue weighted by Gasteiger charge is 2.50. The van der Waals surface area contributed by atoms with Gasteiger partial charge in [0, 0.05) is 37.8 Å². The topological polar surface area (TPSA) is 77.6 Å². The summed E-state index contributed by atoms with van der Waals surface area (Å²) < 4.78 is 10.0. The molecule has 2 saturated carbocycles. The molecular weight excluding hydrogens is 380 g/mol. The Balaban J connectivity index is 1.44. The monoisotopic (exact) mass is 404 g/mol. The highest BCUT2D eigenvalue weighted by Crippen LogP contribution is 2.48. The van der Waals surface area contributed by atoms with E-state index in [-0.39, 0.29) is 24.0 Å². The van der Waals surface area contributed by atoms with Crippen molar-refractivity contribution in [3.63, 3.8) is 0 Å². The normalized spacial score (nSPS) is 24.6. The van der Waals surface area contributed by atoms with Gasteiger partial charge in [-0.2, -0.15) is 10.2 Å². The van der Waals surface area contributed by atoms with Gasteiger partial charge in [0.15, 0.2) is 0 Å². The van der Waals surface area contributed by atoms with Crippen molar-refractivity contribution >= 4 is 11.4 Å². The molecule has 154 valence electrons. The van der Waals surface area contributed by atoms with E-state index in [1.165, 1.54) is 0 Å². The fourth-order valence-electron chi connectivity index (χ4n) is 5.00. The number of ether oxygens (including phenoxy) is 1. The highest BCUT2D eigenvalue weighted by atomic mass is 16.5. The van der Waals surface area contributed by atoms with Crippen LogP contribution in [-0.2, 0) is 11.8 Å². The standard InChI is InChI=1S/C22H24N6O2/c1-4-5-21(29)27(3)19-9-14-8-16(19)20(10-14)30-22-18-6-7-23-28(18)13-17(25-22)15-11-24-26(2)12-15/h6-7,11-14,16,19-20H,8-10H2,1-3H3/t14-,16+,19+,20-/m0/s1. The summed E-state index contributed by atoms with van der Waals surface area (Å²) in [5, 5.41) is 8.63. The zero-order valence-corrected chi connectivity index (χ0v) is 17.3. The molecule has 0 radical (unpaired) electrons. The Morgan fingerprint density at radius 1 is 1.27 bits per heavy atom. The van der Waals surface area contributed by atoms with Gasteiger partial charge in [-0.05, 0) is 44.1 Å². The van der Waals surface area contributed by atoms with E-state index in [0.29, 0.717) is 11.8 Å². The van der Waals surface area contributed by atoms with Crippen LogP contribution in [0.3, 0.4) is 0 Å². The molecule has 0 aliphatic heterocycles. The zero-order chi connectivity index (χ0) is 20.8. The predicted molar refractivity (Wildman–Crippen MR) is 110 cm³/mol. The van der Waals surface area contributed by atoms with Crippen LogP contribution in [0.1, 0.15) is 26.2 Å². The Hall–Kier alpha value is -3.34. The van der Waals surface area contributed by atoms with Crippen LogP contribution in [0, 0.1) is 23.7 Å². The molecule has 2 bridgehead atoms. The fourth-order valence-corrected chi connectivity index (χ4v) is 5.00. The van der Waals surface area contributed by atoms with Crippen molar-refractivity contribution < 1.29 is 9.53 Å². The van der Waals surface area contributed by atoms with Crippen LogP contribution in [0.25, 0.3) is 16.8 Å². The molecule has 0 N–H and O–H groups in total. The van der Waals surface area contributed by atoms with Gasteiger partial charge in [-0.15, -0.1) is 0 Å². The molecule has 5 rings (SSSR count). The van der Waals surface area contributed by atoms with Crippen LogP contribution in [0.4, 0.5) is 0 Å². The van der Waals surface area contributed by atoms with Crippen molar-refractivity contribution in [3.8, 4) is 29.0 Å². The zero-order valence-electron chi connectivity index (χ0n) is 17.3. The van der Waals surface area contributed by atoms with Crippen LogP contribution in [0.2, 0.25) is 0 Å². The summed E-state index contributed by atoms with van der Waals surface area (Å²) in [5.74, 6) is 6.68. The van der Waals surface area contributed by atoms with Crippen LogP contribution in [-0.4, -0.2) is 54.4 Å². The second-order valence-electron chi connectivity index (χ2n) is 8.25. The van der Waals surface area contributed by atoms with Crippen LogP contribution >= 0.6 is 0 Å². The first-order valence-electron chi connectivity index (χ1n) is 10.2. The summed E-state index contributed by atoms with van der Waals surface area (Å²) in [7, 11) is 3.73. The maximum Gasteiger partial charge on any atom is 0.298 e. The Bertz CT molecular complexity index is 1170. The second-order valence-corrected chi connectivity index (χ2v) is 8.25. The lowest BCUT2D eigenvalue weighted by Crippen LogP contribution is -2.45. The smallest absolute Gasteiger partial charge is 0.298 e. The summed E-state index contributed by atoms with van der Waals surface area (Å²) in [6, 6.07) is 2.07. The van der Waals surface area contributed by atoms with Crippen LogP contribution in [0.5, 0.6) is 5.88 Å². The molecule has 2 aliphatic rings. The number of aryl methyl sites for hydroxylation is 1. The minimum absolute atomic E-state index is 0.0222. The molecule has 0 spiro atoms. The third-order valence-electron chi connectivity index (χ3n) is 6.39. The van der Waals surface area contributed by atoms with E-state index >= 15 is 0 Å². The first-order valence-corrected chi connectivity index (χ1v) is 10.2. The summed E-state index contributed by atoms with van der Waals surface area (Å²) >= 11 is 0. The fraction of sp³-hybridized carbons (Fsp3) is 0.455. The van der Waals surface area contributed by atoms with Crippen LogP contribution in [0.15, 0.2) is 30.9 Å². The lowest BCUT2D eigenvalue weighted by atomic mass is 9.91. The summed E-state index contributed by atoms with van der Waals surface area (Å²) in [6.45, 7) is 1.69. The SMILES string of the molecule is CC#CC(=O)N(C)[C@@H]1C[C@@H]2C[C@H]1[C@@H](Oc1nc(-c3cnn(C)c3)cn3nccc13)C2. The van der Waals surface area contributed by atoms with Crippen molar-refractivity contribution in [2.45, 2.75) is 38.3 Å². The minimum Gasteiger partial charge on any atom is -0.472 e. The van der Waals surface area contributed by atoms with Gasteiger partial charge in [0.1, 0.15) is 11.6 Å². The number of carbonyl (C=O) groups is 1. The maximum atomic E-state index is 12.3. The molecule has 8 heteroatoms. The Morgan fingerprint density at radius 3 is 2.87 bits per heavy atom. The van der Waals surface area contributed by atoms with Gasteiger partial charge in [-0.1, -0.05) is 5.92 Å². The van der Waals surface area contributed by atoms with Gasteiger partial charge >= 0.3 is 0 Å². The summed E-state index contributed by atoms with van der Waals surface area (Å²) in [4.78, 5) is 18.9. The molecular formula is C22H24N6O2. The van der Waals surface area contributed by atoms with Gasteiger partial charge in [0.25, 0.3) is 5.91 Å². The van der Waals surface area contributed by atoms with E-state index in [2.05, 4.69) is 22.0 Å². The van der Waals surface area contributed by atoms with E-state index < -0.39 is 0 Å². The number of carbonyl (C=O) groups excluding carboxylic acids is 1. The Kier molecular flexibility index (Phi) is 4.46. The first kappa shape index (κ1) is 18.7. The van der Waals surface area contributed by atoms with Crippen molar-refractivity contribution in [2.24, 2.45) is 18.9 Å². The van der Waals surface area contributed by atoms with E-state index in [9.17, 15) is 4.79 Å². The van der Waals surface area contributed by atoms with Gasteiger partial charge in [-0.3, -0.25) is 9.48 Å². The number of rotatable bonds is 4. The van der Waals surface area contributed by atoms with Gasteiger partial charge in [0.05, 0.1) is 24.3 Å². The number of nitrogens with zero attached hydrogens (tertiary/aromatic N) is 6. The molecule has 2 aliphatic carbocycles. The van der Waals surface area contributed by atoms with E-state index in [0.717, 1.165) is 36.0 Å². The number of fused-ring (bicyclic) bond motifs is 3. The molecule has 3 aromatic rings. The molecule has 30 heavy (non-hydrogen) atoms. The molecule has 0 saturated heterocycles. The van der Waals surface area contributed by atoms with Crippen molar-refractivity contribution in [3.05, 3.63) is 30.9 Å². The van der Waals surface area contributed by atoms with Crippen molar-refractivity contribution in [1.29, 1.82) is 0 Å². The number of hydrogen-bond acceptors (Lipinski definition) is 5. The first-order chi connectivity index (χ1) is 14.5. The molecule has 0 aromatic carbocycles. The predicted octanol–water partition coefficient (Wildman–Crippen LogP) is 2.16. The molecule has 3 aromatic heterocycles. The average molecular weight is 404 g/mol. The second kappa shape index (κ2) is 7.17. The van der Waals surface area contributed by atoms with Crippen molar-refractivity contribution in [1.82, 2.24) is 29.3 Å². The van der Waals surface area contributed by atoms with Gasteiger partial charge in [-0.25, -0.2) is 9.50 Å². The largest absolute Gasteiger partial charge is 0.472 e. The third kappa shape index (κ3) is 3.11. The maximum absolute atomic E-state index is 12.3. The molecule has 8 nitrogen and oxygen atoms in total. The molecule has 4 atom stereocenters. The quantitative estimate of drug-likeness (QED) is 0.623. The third-order valence-corrected chi connectivity index (χ3v) is 6.39. The van der Waals surface area contributed by atoms with E-state index in [1.54, 1.807) is 33.4 Å². The van der Waals surface area contributed by atoms with E-state index in [1.807, 2.05) is 32.6 Å². The van der Waals surface area contributed by atoms with Gasteiger partial charge in [0.2, 0.25) is 5.88 Å². The number of amides is 1.